The second-order valence-corrected chi connectivity index (χ2v) is 5.67. The van der Waals surface area contributed by atoms with Crippen LogP contribution >= 0.6 is 11.6 Å². The third kappa shape index (κ3) is 4.15. The summed E-state index contributed by atoms with van der Waals surface area (Å²) < 4.78 is 25.8. The van der Waals surface area contributed by atoms with E-state index < -0.39 is 10.0 Å². The number of nitrogens with one attached hydrogen (secondary N) is 1. The molecule has 0 rings (SSSR count). The van der Waals surface area contributed by atoms with Gasteiger partial charge in [-0.05, 0) is 19.3 Å². The van der Waals surface area contributed by atoms with E-state index in [2.05, 4.69) is 4.72 Å². The lowest BCUT2D eigenvalue weighted by Gasteiger charge is -2.31. The zero-order chi connectivity index (χ0) is 11.2. The Bertz CT molecular complexity index is 239. The Balaban J connectivity index is 4.59. The van der Waals surface area contributed by atoms with E-state index >= 15 is 0 Å². The highest BCUT2D eigenvalue weighted by Gasteiger charge is 2.28. The minimum Gasteiger partial charge on any atom is -0.212 e. The molecule has 0 aliphatic heterocycles. The van der Waals surface area contributed by atoms with Gasteiger partial charge in [-0.15, -0.1) is 11.6 Å². The molecule has 0 aliphatic rings. The van der Waals surface area contributed by atoms with Crippen molar-refractivity contribution in [2.24, 2.45) is 0 Å². The second kappa shape index (κ2) is 5.93. The van der Waals surface area contributed by atoms with Crippen LogP contribution in [0.4, 0.5) is 0 Å². The van der Waals surface area contributed by atoms with Crippen molar-refractivity contribution in [1.29, 1.82) is 0 Å². The summed E-state index contributed by atoms with van der Waals surface area (Å²) in [5, 5.41) is 0. The predicted molar refractivity (Wildman–Crippen MR) is 61.2 cm³/mol. The minimum absolute atomic E-state index is 0.00367. The third-order valence-corrected chi connectivity index (χ3v) is 4.65. The molecule has 0 radical (unpaired) electrons. The van der Waals surface area contributed by atoms with Gasteiger partial charge in [0.1, 0.15) is 0 Å². The molecule has 1 N–H and O–H groups in total. The number of sulfonamides is 1. The lowest BCUT2D eigenvalue weighted by atomic mass is 9.91. The van der Waals surface area contributed by atoms with Crippen LogP contribution in [-0.2, 0) is 10.0 Å². The minimum atomic E-state index is -3.21. The van der Waals surface area contributed by atoms with Crippen molar-refractivity contribution in [2.45, 2.75) is 45.6 Å². The molecular weight excluding hydrogens is 222 g/mol. The molecule has 0 spiro atoms. The van der Waals surface area contributed by atoms with Crippen LogP contribution < -0.4 is 4.72 Å². The molecule has 0 unspecified atom stereocenters. The van der Waals surface area contributed by atoms with Gasteiger partial charge in [-0.1, -0.05) is 20.8 Å². The summed E-state index contributed by atoms with van der Waals surface area (Å²) in [5.41, 5.74) is -0.287. The summed E-state index contributed by atoms with van der Waals surface area (Å²) in [4.78, 5) is 0. The highest BCUT2D eigenvalue weighted by atomic mass is 35.5. The zero-order valence-electron chi connectivity index (χ0n) is 9.14. The number of hydrogen-bond donors (Lipinski definition) is 1. The lowest BCUT2D eigenvalue weighted by molar-refractivity contribution is 0.342. The van der Waals surface area contributed by atoms with E-state index in [0.717, 1.165) is 19.3 Å². The van der Waals surface area contributed by atoms with E-state index in [0.29, 0.717) is 0 Å². The largest absolute Gasteiger partial charge is 0.213 e. The van der Waals surface area contributed by atoms with E-state index in [-0.39, 0.29) is 17.2 Å². The van der Waals surface area contributed by atoms with Gasteiger partial charge >= 0.3 is 0 Å². The second-order valence-electron chi connectivity index (χ2n) is 3.45. The van der Waals surface area contributed by atoms with E-state index in [1.807, 2.05) is 20.8 Å². The Morgan fingerprint density at radius 1 is 1.14 bits per heavy atom. The van der Waals surface area contributed by atoms with Crippen LogP contribution in [0.2, 0.25) is 0 Å². The number of halogens is 1. The molecule has 0 fully saturated rings. The third-order valence-electron chi connectivity index (χ3n) is 2.75. The monoisotopic (exact) mass is 241 g/mol. The SMILES string of the molecule is CCC(CC)(CC)NS(=O)(=O)CCCl. The average molecular weight is 242 g/mol. The molecule has 0 saturated heterocycles. The molecule has 0 aromatic rings. The fraction of sp³-hybridized carbons (Fsp3) is 1.00. The normalized spacial score (nSPS) is 13.1. The van der Waals surface area contributed by atoms with Crippen LogP contribution in [0.3, 0.4) is 0 Å². The van der Waals surface area contributed by atoms with Gasteiger partial charge < -0.3 is 0 Å². The Labute approximate surface area is 92.3 Å². The molecule has 0 aromatic carbocycles. The first kappa shape index (κ1) is 14.2. The van der Waals surface area contributed by atoms with Crippen LogP contribution in [0.1, 0.15) is 40.0 Å². The van der Waals surface area contributed by atoms with E-state index in [1.165, 1.54) is 0 Å². The van der Waals surface area contributed by atoms with E-state index in [4.69, 9.17) is 11.6 Å². The fourth-order valence-corrected chi connectivity index (χ4v) is 3.46. The Morgan fingerprint density at radius 3 is 1.86 bits per heavy atom. The Kier molecular flexibility index (Phi) is 6.02. The summed E-state index contributed by atoms with van der Waals surface area (Å²) in [7, 11) is -3.21. The molecular formula is C9H20ClNO2S. The fourth-order valence-electron chi connectivity index (χ4n) is 1.45. The van der Waals surface area contributed by atoms with Gasteiger partial charge in [-0.2, -0.15) is 0 Å². The molecule has 0 atom stereocenters. The topological polar surface area (TPSA) is 46.2 Å². The van der Waals surface area contributed by atoms with Crippen LogP contribution in [-0.4, -0.2) is 25.6 Å². The maximum absolute atomic E-state index is 11.5. The van der Waals surface area contributed by atoms with Crippen molar-refractivity contribution in [1.82, 2.24) is 4.72 Å². The zero-order valence-corrected chi connectivity index (χ0v) is 10.7. The van der Waals surface area contributed by atoms with Gasteiger partial charge in [-0.3, -0.25) is 0 Å². The van der Waals surface area contributed by atoms with Crippen LogP contribution in [0.25, 0.3) is 0 Å². The highest BCUT2D eigenvalue weighted by molar-refractivity contribution is 7.89. The average Bonchev–Trinajstić information content (AvgIpc) is 2.14. The molecule has 0 bridgehead atoms. The molecule has 86 valence electrons. The van der Waals surface area contributed by atoms with Gasteiger partial charge in [0, 0.05) is 11.4 Å². The maximum Gasteiger partial charge on any atom is 0.213 e. The lowest BCUT2D eigenvalue weighted by Crippen LogP contribution is -2.48. The molecule has 0 amide bonds. The molecule has 0 heterocycles. The summed E-state index contributed by atoms with van der Waals surface area (Å²) >= 11 is 5.43. The summed E-state index contributed by atoms with van der Waals surface area (Å²) in [5.74, 6) is 0.138. The highest BCUT2D eigenvalue weighted by Crippen LogP contribution is 2.20. The smallest absolute Gasteiger partial charge is 0.212 e. The van der Waals surface area contributed by atoms with Crippen LogP contribution in [0, 0.1) is 0 Å². The van der Waals surface area contributed by atoms with Gasteiger partial charge in [0.25, 0.3) is 0 Å². The number of alkyl halides is 1. The van der Waals surface area contributed by atoms with Gasteiger partial charge in [0.2, 0.25) is 10.0 Å². The standard InChI is InChI=1S/C9H20ClNO2S/c1-4-9(5-2,6-3)11-14(12,13)8-7-10/h11H,4-8H2,1-3H3. The Hall–Kier alpha value is 0.200. The van der Waals surface area contributed by atoms with Crippen molar-refractivity contribution < 1.29 is 8.42 Å². The van der Waals surface area contributed by atoms with Gasteiger partial charge in [-0.25, -0.2) is 13.1 Å². The number of rotatable bonds is 7. The van der Waals surface area contributed by atoms with Crippen molar-refractivity contribution in [3.8, 4) is 0 Å². The Morgan fingerprint density at radius 2 is 1.57 bits per heavy atom. The summed E-state index contributed by atoms with van der Waals surface area (Å²) in [6.45, 7) is 5.99. The molecule has 0 aromatic heterocycles. The molecule has 14 heavy (non-hydrogen) atoms. The number of hydrogen-bond acceptors (Lipinski definition) is 2. The van der Waals surface area contributed by atoms with Crippen molar-refractivity contribution in [3.05, 3.63) is 0 Å². The quantitative estimate of drug-likeness (QED) is 0.694. The molecule has 0 aliphatic carbocycles. The van der Waals surface area contributed by atoms with Crippen molar-refractivity contribution >= 4 is 21.6 Å². The molecule has 3 nitrogen and oxygen atoms in total. The van der Waals surface area contributed by atoms with Crippen LogP contribution in [0.5, 0.6) is 0 Å². The molecule has 0 saturated carbocycles. The first-order chi connectivity index (χ1) is 6.45. The first-order valence-corrected chi connectivity index (χ1v) is 7.21. The van der Waals surface area contributed by atoms with Crippen molar-refractivity contribution in [3.63, 3.8) is 0 Å². The van der Waals surface area contributed by atoms with E-state index in [1.54, 1.807) is 0 Å². The maximum atomic E-state index is 11.5. The van der Waals surface area contributed by atoms with Crippen LogP contribution in [0.15, 0.2) is 0 Å². The van der Waals surface area contributed by atoms with Gasteiger partial charge in [0.15, 0.2) is 0 Å². The summed E-state index contributed by atoms with van der Waals surface area (Å²) in [6, 6.07) is 0. The summed E-state index contributed by atoms with van der Waals surface area (Å²) in [6.07, 6.45) is 2.42. The van der Waals surface area contributed by atoms with E-state index in [9.17, 15) is 8.42 Å². The first-order valence-electron chi connectivity index (χ1n) is 5.03. The van der Waals surface area contributed by atoms with Crippen molar-refractivity contribution in [2.75, 3.05) is 11.6 Å². The van der Waals surface area contributed by atoms with Gasteiger partial charge in [0.05, 0.1) is 5.75 Å². The predicted octanol–water partition coefficient (Wildman–Crippen LogP) is 2.11. The molecule has 5 heteroatoms.